The van der Waals surface area contributed by atoms with Gasteiger partial charge in [-0.15, -0.1) is 11.8 Å². The first kappa shape index (κ1) is 17.9. The number of unbranched alkanes of at least 4 members (excludes halogenated alkanes) is 1. The van der Waals surface area contributed by atoms with Crippen LogP contribution in [0.4, 0.5) is 8.78 Å². The van der Waals surface area contributed by atoms with Gasteiger partial charge in [-0.2, -0.15) is 0 Å². The number of hydrogen-bond acceptors (Lipinski definition) is 3. The molecule has 1 unspecified atom stereocenters. The molecule has 1 aromatic rings. The maximum Gasteiger partial charge on any atom is 0.237 e. The zero-order valence-electron chi connectivity index (χ0n) is 12.4. The Morgan fingerprint density at radius 2 is 2.10 bits per heavy atom. The average molecular weight is 316 g/mol. The number of rotatable bonds is 9. The Hall–Kier alpha value is -1.14. The normalized spacial score (nSPS) is 13.9. The minimum absolute atomic E-state index is 0.360. The Morgan fingerprint density at radius 1 is 1.38 bits per heavy atom. The van der Waals surface area contributed by atoms with Crippen molar-refractivity contribution in [2.45, 2.75) is 43.5 Å². The lowest BCUT2D eigenvalue weighted by atomic mass is 9.94. The minimum atomic E-state index is -0.694. The van der Waals surface area contributed by atoms with E-state index < -0.39 is 17.2 Å². The van der Waals surface area contributed by atoms with Crippen molar-refractivity contribution in [3.8, 4) is 0 Å². The summed E-state index contributed by atoms with van der Waals surface area (Å²) in [6.07, 6.45) is 2.28. The van der Waals surface area contributed by atoms with Crippen molar-refractivity contribution in [3.05, 3.63) is 29.8 Å². The molecule has 21 heavy (non-hydrogen) atoms. The third-order valence-corrected chi connectivity index (χ3v) is 4.47. The van der Waals surface area contributed by atoms with Gasteiger partial charge in [-0.1, -0.05) is 13.3 Å². The van der Waals surface area contributed by atoms with Crippen LogP contribution in [0.15, 0.2) is 23.1 Å². The van der Waals surface area contributed by atoms with Crippen LogP contribution in [0, 0.1) is 11.6 Å². The predicted octanol–water partition coefficient (Wildman–Crippen LogP) is 3.08. The van der Waals surface area contributed by atoms with Crippen LogP contribution in [0.2, 0.25) is 0 Å². The fourth-order valence-electron chi connectivity index (χ4n) is 2.04. The Labute approximate surface area is 128 Å². The fourth-order valence-corrected chi connectivity index (χ4v) is 2.97. The summed E-state index contributed by atoms with van der Waals surface area (Å²) in [5.41, 5.74) is 4.71. The van der Waals surface area contributed by atoms with Gasteiger partial charge in [0.25, 0.3) is 0 Å². The van der Waals surface area contributed by atoms with E-state index in [9.17, 15) is 13.6 Å². The summed E-state index contributed by atoms with van der Waals surface area (Å²) in [4.78, 5) is 11.9. The first-order valence-electron chi connectivity index (χ1n) is 7.02. The highest BCUT2D eigenvalue weighted by molar-refractivity contribution is 7.99. The molecule has 0 aromatic heterocycles. The molecule has 0 saturated heterocycles. The number of nitrogens with two attached hydrogens (primary N) is 1. The third-order valence-electron chi connectivity index (χ3n) is 3.33. The van der Waals surface area contributed by atoms with Crippen molar-refractivity contribution in [3.63, 3.8) is 0 Å². The largest absolute Gasteiger partial charge is 0.368 e. The van der Waals surface area contributed by atoms with Crippen LogP contribution in [-0.2, 0) is 4.79 Å². The van der Waals surface area contributed by atoms with E-state index in [1.807, 2.05) is 6.92 Å². The van der Waals surface area contributed by atoms with Crippen LogP contribution in [0.3, 0.4) is 0 Å². The van der Waals surface area contributed by atoms with Gasteiger partial charge in [0.1, 0.15) is 11.6 Å². The number of thioether (sulfide) groups is 1. The standard InChI is InChI=1S/C15H22F2N2OS/c1-3-19-15(2,14(18)20)8-4-5-9-21-13-7-6-11(16)10-12(13)17/h6-7,10,19H,3-5,8-9H2,1-2H3,(H2,18,20). The molecule has 1 amide bonds. The van der Waals surface area contributed by atoms with Crippen molar-refractivity contribution in [2.24, 2.45) is 5.73 Å². The zero-order chi connectivity index (χ0) is 15.9. The lowest BCUT2D eigenvalue weighted by molar-refractivity contribution is -0.124. The lowest BCUT2D eigenvalue weighted by Crippen LogP contribution is -2.52. The summed E-state index contributed by atoms with van der Waals surface area (Å²) in [5, 5.41) is 3.10. The number of carbonyl (C=O) groups is 1. The molecule has 0 bridgehead atoms. The summed E-state index contributed by atoms with van der Waals surface area (Å²) >= 11 is 1.35. The van der Waals surface area contributed by atoms with Crippen molar-refractivity contribution < 1.29 is 13.6 Å². The molecule has 0 aliphatic rings. The Bertz CT molecular complexity index is 485. The summed E-state index contributed by atoms with van der Waals surface area (Å²) in [7, 11) is 0. The first-order chi connectivity index (χ1) is 9.89. The molecule has 0 aliphatic carbocycles. The van der Waals surface area contributed by atoms with Crippen LogP contribution in [0.1, 0.15) is 33.1 Å². The first-order valence-corrected chi connectivity index (χ1v) is 8.00. The van der Waals surface area contributed by atoms with Gasteiger partial charge in [0.05, 0.1) is 5.54 Å². The van der Waals surface area contributed by atoms with Gasteiger partial charge >= 0.3 is 0 Å². The van der Waals surface area contributed by atoms with Crippen molar-refractivity contribution >= 4 is 17.7 Å². The molecule has 0 spiro atoms. The Balaban J connectivity index is 2.35. The molecule has 3 N–H and O–H groups in total. The number of amides is 1. The second-order valence-corrected chi connectivity index (χ2v) is 6.24. The number of hydrogen-bond donors (Lipinski definition) is 2. The molecule has 1 rings (SSSR count). The monoisotopic (exact) mass is 316 g/mol. The Kier molecular flexibility index (Phi) is 7.11. The molecular formula is C15H22F2N2OS. The second-order valence-electron chi connectivity index (χ2n) is 5.11. The minimum Gasteiger partial charge on any atom is -0.368 e. The summed E-state index contributed by atoms with van der Waals surface area (Å²) in [6, 6.07) is 3.58. The molecule has 1 atom stereocenters. The van der Waals surface area contributed by atoms with E-state index in [4.69, 9.17) is 5.73 Å². The highest BCUT2D eigenvalue weighted by atomic mass is 32.2. The van der Waals surface area contributed by atoms with Gasteiger partial charge < -0.3 is 11.1 Å². The number of benzene rings is 1. The molecule has 3 nitrogen and oxygen atoms in total. The lowest BCUT2D eigenvalue weighted by Gasteiger charge is -2.26. The number of nitrogens with one attached hydrogen (secondary N) is 1. The summed E-state index contributed by atoms with van der Waals surface area (Å²) in [5.74, 6) is -0.750. The van der Waals surface area contributed by atoms with Gasteiger partial charge in [0.15, 0.2) is 0 Å². The van der Waals surface area contributed by atoms with Crippen molar-refractivity contribution in [2.75, 3.05) is 12.3 Å². The van der Waals surface area contributed by atoms with Crippen molar-refractivity contribution in [1.29, 1.82) is 0 Å². The molecule has 0 radical (unpaired) electrons. The second kappa shape index (κ2) is 8.34. The van der Waals surface area contributed by atoms with Gasteiger partial charge in [0.2, 0.25) is 5.91 Å². The molecule has 0 saturated carbocycles. The van der Waals surface area contributed by atoms with Crippen LogP contribution in [0.25, 0.3) is 0 Å². The van der Waals surface area contributed by atoms with Crippen LogP contribution in [-0.4, -0.2) is 23.7 Å². The zero-order valence-corrected chi connectivity index (χ0v) is 13.2. The van der Waals surface area contributed by atoms with Gasteiger partial charge in [-0.25, -0.2) is 8.78 Å². The highest BCUT2D eigenvalue weighted by Crippen LogP contribution is 2.24. The number of likely N-dealkylation sites (N-methyl/N-ethyl adjacent to an activating group) is 1. The molecule has 0 aliphatic heterocycles. The summed E-state index contributed by atoms with van der Waals surface area (Å²) in [6.45, 7) is 4.40. The van der Waals surface area contributed by atoms with E-state index in [1.165, 1.54) is 23.9 Å². The quantitative estimate of drug-likeness (QED) is 0.544. The van der Waals surface area contributed by atoms with E-state index >= 15 is 0 Å². The average Bonchev–Trinajstić information content (AvgIpc) is 2.40. The molecule has 0 fully saturated rings. The number of primary amides is 1. The summed E-state index contributed by atoms with van der Waals surface area (Å²) < 4.78 is 26.2. The van der Waals surface area contributed by atoms with E-state index in [-0.39, 0.29) is 5.91 Å². The molecular weight excluding hydrogens is 294 g/mol. The fraction of sp³-hybridized carbons (Fsp3) is 0.533. The van der Waals surface area contributed by atoms with Gasteiger partial charge in [-0.05, 0) is 44.2 Å². The van der Waals surface area contributed by atoms with Gasteiger partial charge in [-0.3, -0.25) is 4.79 Å². The third kappa shape index (κ3) is 5.63. The highest BCUT2D eigenvalue weighted by Gasteiger charge is 2.28. The van der Waals surface area contributed by atoms with Crippen LogP contribution >= 0.6 is 11.8 Å². The van der Waals surface area contributed by atoms with Gasteiger partial charge in [0, 0.05) is 11.0 Å². The molecule has 6 heteroatoms. The number of halogens is 2. The molecule has 118 valence electrons. The maximum atomic E-state index is 13.4. The smallest absolute Gasteiger partial charge is 0.237 e. The van der Waals surface area contributed by atoms with E-state index in [0.717, 1.165) is 18.9 Å². The Morgan fingerprint density at radius 3 is 2.67 bits per heavy atom. The van der Waals surface area contributed by atoms with E-state index in [1.54, 1.807) is 6.92 Å². The van der Waals surface area contributed by atoms with Crippen LogP contribution in [0.5, 0.6) is 0 Å². The molecule has 0 heterocycles. The SMILES string of the molecule is CCNC(C)(CCCCSc1ccc(F)cc1F)C(N)=O. The molecule has 1 aromatic carbocycles. The van der Waals surface area contributed by atoms with Crippen molar-refractivity contribution in [1.82, 2.24) is 5.32 Å². The van der Waals surface area contributed by atoms with E-state index in [2.05, 4.69) is 5.32 Å². The maximum absolute atomic E-state index is 13.4. The van der Waals surface area contributed by atoms with Crippen LogP contribution < -0.4 is 11.1 Å². The van der Waals surface area contributed by atoms with E-state index in [0.29, 0.717) is 23.6 Å². The predicted molar refractivity (Wildman–Crippen MR) is 82.2 cm³/mol. The number of carbonyl (C=O) groups excluding carboxylic acids is 1. The topological polar surface area (TPSA) is 55.1 Å².